The zero-order valence-electron chi connectivity index (χ0n) is 12.9. The Hall–Kier alpha value is -2.32. The van der Waals surface area contributed by atoms with Crippen LogP contribution in [0.25, 0.3) is 0 Å². The van der Waals surface area contributed by atoms with Gasteiger partial charge in [0.2, 0.25) is 15.9 Å². The molecule has 0 bridgehead atoms. The smallest absolute Gasteiger partial charge is 0.243 e. The molecule has 128 valence electrons. The van der Waals surface area contributed by atoms with E-state index in [1.807, 2.05) is 0 Å². The molecular weight excluding hydrogens is 338 g/mol. The van der Waals surface area contributed by atoms with Crippen molar-refractivity contribution in [2.75, 3.05) is 18.4 Å². The quantitative estimate of drug-likeness (QED) is 0.867. The van der Waals surface area contributed by atoms with Gasteiger partial charge >= 0.3 is 0 Å². The number of carbonyl (C=O) groups is 1. The Morgan fingerprint density at radius 1 is 1.12 bits per heavy atom. The molecule has 0 aromatic heterocycles. The molecule has 2 aromatic rings. The molecule has 0 aliphatic heterocycles. The van der Waals surface area contributed by atoms with E-state index >= 15 is 0 Å². The van der Waals surface area contributed by atoms with Crippen molar-refractivity contribution in [1.29, 1.82) is 0 Å². The van der Waals surface area contributed by atoms with E-state index < -0.39 is 34.1 Å². The fourth-order valence-corrected chi connectivity index (χ4v) is 3.48. The summed E-state index contributed by atoms with van der Waals surface area (Å²) >= 11 is 0. The van der Waals surface area contributed by atoms with Crippen molar-refractivity contribution in [2.45, 2.75) is 11.8 Å². The Bertz CT molecular complexity index is 826. The Balaban J connectivity index is 2.14. The van der Waals surface area contributed by atoms with Gasteiger partial charge in [0.05, 0.1) is 17.1 Å². The topological polar surface area (TPSA) is 66.5 Å². The van der Waals surface area contributed by atoms with Gasteiger partial charge in [-0.15, -0.1) is 0 Å². The van der Waals surface area contributed by atoms with Crippen LogP contribution in [0, 0.1) is 11.6 Å². The van der Waals surface area contributed by atoms with Crippen molar-refractivity contribution in [3.8, 4) is 0 Å². The van der Waals surface area contributed by atoms with Gasteiger partial charge in [0.1, 0.15) is 11.6 Å². The van der Waals surface area contributed by atoms with Crippen molar-refractivity contribution < 1.29 is 22.0 Å². The average Bonchev–Trinajstić information content (AvgIpc) is 2.56. The van der Waals surface area contributed by atoms with E-state index in [2.05, 4.69) is 5.32 Å². The van der Waals surface area contributed by atoms with Crippen LogP contribution in [-0.4, -0.2) is 31.7 Å². The predicted molar refractivity (Wildman–Crippen MR) is 85.9 cm³/mol. The lowest BCUT2D eigenvalue weighted by molar-refractivity contribution is -0.116. The van der Waals surface area contributed by atoms with E-state index in [0.717, 1.165) is 16.4 Å². The standard InChI is InChI=1S/C16H16F2N2O3S/c1-2-20(24(22,23)13-6-4-3-5-7-13)11-16(21)19-15-9-8-12(17)10-14(15)18/h3-10H,2,11H2,1H3,(H,19,21). The molecule has 0 radical (unpaired) electrons. The molecule has 1 N–H and O–H groups in total. The van der Waals surface area contributed by atoms with Crippen LogP contribution in [0.4, 0.5) is 14.5 Å². The molecule has 8 heteroatoms. The van der Waals surface area contributed by atoms with Gasteiger partial charge in [0.25, 0.3) is 0 Å². The number of hydrogen-bond acceptors (Lipinski definition) is 3. The van der Waals surface area contributed by atoms with Crippen LogP contribution in [-0.2, 0) is 14.8 Å². The summed E-state index contributed by atoms with van der Waals surface area (Å²) in [6.07, 6.45) is 0. The first-order chi connectivity index (χ1) is 11.3. The largest absolute Gasteiger partial charge is 0.322 e. The molecule has 0 fully saturated rings. The van der Waals surface area contributed by atoms with Crippen molar-refractivity contribution >= 4 is 21.6 Å². The summed E-state index contributed by atoms with van der Waals surface area (Å²) in [7, 11) is -3.84. The second-order valence-electron chi connectivity index (χ2n) is 4.92. The molecule has 0 spiro atoms. The summed E-state index contributed by atoms with van der Waals surface area (Å²) in [4.78, 5) is 12.1. The highest BCUT2D eigenvalue weighted by molar-refractivity contribution is 7.89. The molecule has 1 amide bonds. The van der Waals surface area contributed by atoms with Crippen LogP contribution in [0.2, 0.25) is 0 Å². The van der Waals surface area contributed by atoms with Gasteiger partial charge in [-0.05, 0) is 24.3 Å². The van der Waals surface area contributed by atoms with Gasteiger partial charge in [-0.1, -0.05) is 25.1 Å². The number of nitrogens with one attached hydrogen (secondary N) is 1. The molecule has 0 heterocycles. The number of anilines is 1. The van der Waals surface area contributed by atoms with Crippen molar-refractivity contribution in [1.82, 2.24) is 4.31 Å². The lowest BCUT2D eigenvalue weighted by atomic mass is 10.3. The van der Waals surface area contributed by atoms with E-state index in [-0.39, 0.29) is 17.1 Å². The molecule has 0 unspecified atom stereocenters. The summed E-state index contributed by atoms with van der Waals surface area (Å²) in [6, 6.07) is 10.4. The number of rotatable bonds is 6. The lowest BCUT2D eigenvalue weighted by Gasteiger charge is -2.20. The number of amides is 1. The summed E-state index contributed by atoms with van der Waals surface area (Å²) in [5.74, 6) is -2.42. The first-order valence-corrected chi connectivity index (χ1v) is 8.58. The fourth-order valence-electron chi connectivity index (χ4n) is 2.05. The molecule has 0 saturated carbocycles. The Morgan fingerprint density at radius 2 is 1.79 bits per heavy atom. The molecule has 0 aliphatic rings. The molecule has 0 aliphatic carbocycles. The van der Waals surface area contributed by atoms with Gasteiger partial charge in [-0.3, -0.25) is 4.79 Å². The van der Waals surface area contributed by atoms with Crippen molar-refractivity contribution in [3.05, 3.63) is 60.2 Å². The van der Waals surface area contributed by atoms with Crippen LogP contribution in [0.1, 0.15) is 6.92 Å². The van der Waals surface area contributed by atoms with Crippen LogP contribution < -0.4 is 5.32 Å². The zero-order chi connectivity index (χ0) is 17.7. The third-order valence-corrected chi connectivity index (χ3v) is 5.19. The molecule has 2 aromatic carbocycles. The highest BCUT2D eigenvalue weighted by atomic mass is 32.2. The van der Waals surface area contributed by atoms with Gasteiger partial charge < -0.3 is 5.32 Å². The summed E-state index contributed by atoms with van der Waals surface area (Å²) in [5, 5.41) is 2.24. The number of likely N-dealkylation sites (N-methyl/N-ethyl adjacent to an activating group) is 1. The van der Waals surface area contributed by atoms with Gasteiger partial charge in [0.15, 0.2) is 0 Å². The van der Waals surface area contributed by atoms with Gasteiger partial charge in [-0.25, -0.2) is 17.2 Å². The molecule has 0 saturated heterocycles. The number of halogens is 2. The monoisotopic (exact) mass is 354 g/mol. The third kappa shape index (κ3) is 4.15. The fraction of sp³-hybridized carbons (Fsp3) is 0.188. The van der Waals surface area contributed by atoms with E-state index in [0.29, 0.717) is 6.07 Å². The van der Waals surface area contributed by atoms with E-state index in [1.54, 1.807) is 25.1 Å². The van der Waals surface area contributed by atoms with Gasteiger partial charge in [-0.2, -0.15) is 4.31 Å². The Morgan fingerprint density at radius 3 is 2.38 bits per heavy atom. The van der Waals surface area contributed by atoms with E-state index in [1.165, 1.54) is 12.1 Å². The maximum Gasteiger partial charge on any atom is 0.243 e. The normalized spacial score (nSPS) is 11.5. The molecule has 0 atom stereocenters. The maximum absolute atomic E-state index is 13.5. The minimum Gasteiger partial charge on any atom is -0.322 e. The van der Waals surface area contributed by atoms with Crippen LogP contribution >= 0.6 is 0 Å². The number of hydrogen-bond donors (Lipinski definition) is 1. The number of nitrogens with zero attached hydrogens (tertiary/aromatic N) is 1. The first kappa shape index (κ1) is 18.0. The second kappa shape index (κ2) is 7.50. The summed E-state index contributed by atoms with van der Waals surface area (Å²) in [5.41, 5.74) is -0.213. The van der Waals surface area contributed by atoms with Crippen molar-refractivity contribution in [3.63, 3.8) is 0 Å². The SMILES string of the molecule is CCN(CC(=O)Nc1ccc(F)cc1F)S(=O)(=O)c1ccccc1. The first-order valence-electron chi connectivity index (χ1n) is 7.14. The van der Waals surface area contributed by atoms with Crippen LogP contribution in [0.15, 0.2) is 53.4 Å². The number of carbonyl (C=O) groups excluding carboxylic acids is 1. The maximum atomic E-state index is 13.5. The zero-order valence-corrected chi connectivity index (χ0v) is 13.7. The Kier molecular flexibility index (Phi) is 5.63. The number of benzene rings is 2. The van der Waals surface area contributed by atoms with Crippen LogP contribution in [0.3, 0.4) is 0 Å². The highest BCUT2D eigenvalue weighted by Gasteiger charge is 2.25. The number of sulfonamides is 1. The van der Waals surface area contributed by atoms with Gasteiger partial charge in [0, 0.05) is 12.6 Å². The average molecular weight is 354 g/mol. The highest BCUT2D eigenvalue weighted by Crippen LogP contribution is 2.17. The minimum absolute atomic E-state index is 0.0626. The molecular formula is C16H16F2N2O3S. The van der Waals surface area contributed by atoms with E-state index in [9.17, 15) is 22.0 Å². The molecule has 2 rings (SSSR count). The third-order valence-electron chi connectivity index (χ3n) is 3.26. The minimum atomic E-state index is -3.84. The van der Waals surface area contributed by atoms with E-state index in [4.69, 9.17) is 0 Å². The summed E-state index contributed by atoms with van der Waals surface area (Å²) in [6.45, 7) is 1.17. The van der Waals surface area contributed by atoms with Crippen molar-refractivity contribution in [2.24, 2.45) is 0 Å². The Labute approximate surface area is 139 Å². The molecule has 24 heavy (non-hydrogen) atoms. The predicted octanol–water partition coefficient (Wildman–Crippen LogP) is 2.61. The lowest BCUT2D eigenvalue weighted by Crippen LogP contribution is -2.37. The second-order valence-corrected chi connectivity index (χ2v) is 6.85. The molecule has 5 nitrogen and oxygen atoms in total. The summed E-state index contributed by atoms with van der Waals surface area (Å²) < 4.78 is 52.3. The van der Waals surface area contributed by atoms with Crippen LogP contribution in [0.5, 0.6) is 0 Å².